The normalized spacial score (nSPS) is 14.4. The van der Waals surface area contributed by atoms with Gasteiger partial charge in [-0.15, -0.1) is 11.8 Å². The third kappa shape index (κ3) is 6.07. The summed E-state index contributed by atoms with van der Waals surface area (Å²) < 4.78 is 26.6. The molecule has 0 unspecified atom stereocenters. The fourth-order valence-corrected chi connectivity index (χ4v) is 5.41. The number of rotatable bonds is 8. The van der Waals surface area contributed by atoms with Crippen LogP contribution in [0.15, 0.2) is 58.3 Å². The smallest absolute Gasteiger partial charge is 0.255 e. The molecule has 0 heterocycles. The zero-order valence-electron chi connectivity index (χ0n) is 15.9. The van der Waals surface area contributed by atoms with Crippen molar-refractivity contribution in [3.8, 4) is 6.07 Å². The molecular formula is C21H23N3O3S2. The van der Waals surface area contributed by atoms with Gasteiger partial charge in [0.1, 0.15) is 0 Å². The summed E-state index contributed by atoms with van der Waals surface area (Å²) in [6.07, 6.45) is 5.24. The second-order valence-corrected chi connectivity index (χ2v) is 9.97. The lowest BCUT2D eigenvalue weighted by atomic mass is 10.2. The number of sulfonamides is 1. The Balaban J connectivity index is 1.58. The minimum Gasteiger partial charge on any atom is -0.322 e. The third-order valence-electron chi connectivity index (χ3n) is 4.67. The van der Waals surface area contributed by atoms with E-state index in [-0.39, 0.29) is 23.8 Å². The summed E-state index contributed by atoms with van der Waals surface area (Å²) in [5.74, 6) is -0.303. The van der Waals surface area contributed by atoms with Gasteiger partial charge in [-0.1, -0.05) is 12.8 Å². The molecule has 0 spiro atoms. The van der Waals surface area contributed by atoms with Gasteiger partial charge in [0.15, 0.2) is 0 Å². The number of thioether (sulfide) groups is 1. The van der Waals surface area contributed by atoms with Gasteiger partial charge in [0.2, 0.25) is 10.0 Å². The highest BCUT2D eigenvalue weighted by atomic mass is 32.2. The van der Waals surface area contributed by atoms with E-state index < -0.39 is 10.0 Å². The molecule has 0 aromatic heterocycles. The predicted molar refractivity (Wildman–Crippen MR) is 114 cm³/mol. The number of anilines is 1. The first kappa shape index (κ1) is 21.4. The molecule has 29 heavy (non-hydrogen) atoms. The molecule has 1 aliphatic rings. The van der Waals surface area contributed by atoms with Gasteiger partial charge in [0, 0.05) is 34.4 Å². The van der Waals surface area contributed by atoms with Crippen molar-refractivity contribution in [3.05, 3.63) is 54.1 Å². The van der Waals surface area contributed by atoms with E-state index in [2.05, 4.69) is 10.0 Å². The van der Waals surface area contributed by atoms with Crippen molar-refractivity contribution >= 4 is 33.4 Å². The number of nitrogens with zero attached hydrogens (tertiary/aromatic N) is 1. The number of hydrogen-bond acceptors (Lipinski definition) is 5. The van der Waals surface area contributed by atoms with Crippen LogP contribution < -0.4 is 10.0 Å². The van der Waals surface area contributed by atoms with Crippen molar-refractivity contribution in [2.75, 3.05) is 11.9 Å². The summed E-state index contributed by atoms with van der Waals surface area (Å²) in [6.45, 7) is 0.0517. The highest BCUT2D eigenvalue weighted by molar-refractivity contribution is 8.00. The molecular weight excluding hydrogens is 406 g/mol. The quantitative estimate of drug-likeness (QED) is 0.614. The summed E-state index contributed by atoms with van der Waals surface area (Å²) in [7, 11) is -3.68. The Morgan fingerprint density at radius 1 is 1.07 bits per heavy atom. The van der Waals surface area contributed by atoms with Gasteiger partial charge in [-0.3, -0.25) is 4.79 Å². The maximum atomic E-state index is 12.4. The minimum absolute atomic E-state index is 0.0517. The van der Waals surface area contributed by atoms with Crippen LogP contribution in [0.2, 0.25) is 0 Å². The molecule has 0 bridgehead atoms. The molecule has 1 aliphatic carbocycles. The SMILES string of the molecule is N#CCCNS(=O)(=O)c1ccc(C(=O)Nc2ccc(SC3CCCC3)cc2)cc1. The van der Waals surface area contributed by atoms with Gasteiger partial charge in [0.25, 0.3) is 5.91 Å². The number of benzene rings is 2. The zero-order chi connectivity index (χ0) is 20.7. The Labute approximate surface area is 175 Å². The number of carbonyl (C=O) groups excluding carboxylic acids is 1. The average Bonchev–Trinajstić information content (AvgIpc) is 3.23. The molecule has 1 fully saturated rings. The molecule has 152 valence electrons. The maximum absolute atomic E-state index is 12.4. The fourth-order valence-electron chi connectivity index (χ4n) is 3.13. The van der Waals surface area contributed by atoms with Crippen LogP contribution in [0.5, 0.6) is 0 Å². The summed E-state index contributed by atoms with van der Waals surface area (Å²) in [6, 6.07) is 15.4. The number of nitriles is 1. The van der Waals surface area contributed by atoms with Crippen molar-refractivity contribution in [1.29, 1.82) is 5.26 Å². The van der Waals surface area contributed by atoms with Crippen LogP contribution in [0, 0.1) is 11.3 Å². The van der Waals surface area contributed by atoms with Crippen molar-refractivity contribution in [3.63, 3.8) is 0 Å². The van der Waals surface area contributed by atoms with Crippen LogP contribution in [0.1, 0.15) is 42.5 Å². The lowest BCUT2D eigenvalue weighted by Gasteiger charge is -2.10. The first-order valence-corrected chi connectivity index (χ1v) is 11.9. The van der Waals surface area contributed by atoms with Crippen LogP contribution in [0.4, 0.5) is 5.69 Å². The topological polar surface area (TPSA) is 99.1 Å². The summed E-state index contributed by atoms with van der Waals surface area (Å²) in [4.78, 5) is 13.7. The molecule has 3 rings (SSSR count). The standard InChI is InChI=1S/C21H23N3O3S2/c22-14-3-15-23-29(26,27)20-12-6-16(7-13-20)21(25)24-17-8-10-19(11-9-17)28-18-4-1-2-5-18/h6-13,18,23H,1-5,15H2,(H,24,25). The second kappa shape index (κ2) is 9.92. The summed E-state index contributed by atoms with van der Waals surface area (Å²) >= 11 is 1.89. The monoisotopic (exact) mass is 429 g/mol. The second-order valence-electron chi connectivity index (χ2n) is 6.83. The molecule has 6 nitrogen and oxygen atoms in total. The van der Waals surface area contributed by atoms with Crippen LogP contribution in [0.25, 0.3) is 0 Å². The van der Waals surface area contributed by atoms with Gasteiger partial charge in [-0.2, -0.15) is 5.26 Å². The van der Waals surface area contributed by atoms with E-state index in [0.717, 1.165) is 0 Å². The molecule has 2 aromatic rings. The van der Waals surface area contributed by atoms with Gasteiger partial charge in [-0.25, -0.2) is 13.1 Å². The molecule has 2 N–H and O–H groups in total. The average molecular weight is 430 g/mol. The van der Waals surface area contributed by atoms with E-state index in [0.29, 0.717) is 16.5 Å². The first-order chi connectivity index (χ1) is 14.0. The Morgan fingerprint density at radius 2 is 1.72 bits per heavy atom. The number of carbonyl (C=O) groups is 1. The third-order valence-corrected chi connectivity index (χ3v) is 7.50. The van der Waals surface area contributed by atoms with Gasteiger partial charge in [-0.05, 0) is 61.4 Å². The molecule has 0 atom stereocenters. The largest absolute Gasteiger partial charge is 0.322 e. The van der Waals surface area contributed by atoms with Crippen molar-refractivity contribution < 1.29 is 13.2 Å². The minimum atomic E-state index is -3.68. The van der Waals surface area contributed by atoms with Gasteiger partial charge in [0.05, 0.1) is 11.0 Å². The fraction of sp³-hybridized carbons (Fsp3) is 0.333. The molecule has 8 heteroatoms. The van der Waals surface area contributed by atoms with Crippen molar-refractivity contribution in [2.24, 2.45) is 0 Å². The summed E-state index contributed by atoms with van der Waals surface area (Å²) in [5.41, 5.74) is 1.06. The molecule has 0 aliphatic heterocycles. The van der Waals surface area contributed by atoms with E-state index in [1.165, 1.54) is 54.8 Å². The van der Waals surface area contributed by atoms with E-state index in [1.807, 2.05) is 42.1 Å². The molecule has 0 radical (unpaired) electrons. The number of amides is 1. The van der Waals surface area contributed by atoms with E-state index in [9.17, 15) is 13.2 Å². The molecule has 1 saturated carbocycles. The molecule has 2 aromatic carbocycles. The predicted octanol–water partition coefficient (Wildman–Crippen LogP) is 4.17. The lowest BCUT2D eigenvalue weighted by Crippen LogP contribution is -2.24. The molecule has 0 saturated heterocycles. The lowest BCUT2D eigenvalue weighted by molar-refractivity contribution is 0.102. The van der Waals surface area contributed by atoms with Crippen LogP contribution >= 0.6 is 11.8 Å². The summed E-state index contributed by atoms with van der Waals surface area (Å²) in [5, 5.41) is 12.0. The van der Waals surface area contributed by atoms with Crippen LogP contribution in [-0.2, 0) is 10.0 Å². The van der Waals surface area contributed by atoms with Crippen molar-refractivity contribution in [2.45, 2.75) is 47.1 Å². The number of hydrogen-bond donors (Lipinski definition) is 2. The number of nitrogens with one attached hydrogen (secondary N) is 2. The van der Waals surface area contributed by atoms with E-state index in [1.54, 1.807) is 0 Å². The Kier molecular flexibility index (Phi) is 7.31. The Bertz CT molecular complexity index is 975. The Morgan fingerprint density at radius 3 is 2.34 bits per heavy atom. The van der Waals surface area contributed by atoms with Gasteiger partial charge < -0.3 is 5.32 Å². The van der Waals surface area contributed by atoms with Gasteiger partial charge >= 0.3 is 0 Å². The highest BCUT2D eigenvalue weighted by Gasteiger charge is 2.16. The van der Waals surface area contributed by atoms with E-state index in [4.69, 9.17) is 5.26 Å². The van der Waals surface area contributed by atoms with Crippen LogP contribution in [-0.4, -0.2) is 26.1 Å². The maximum Gasteiger partial charge on any atom is 0.255 e. The van der Waals surface area contributed by atoms with E-state index >= 15 is 0 Å². The van der Waals surface area contributed by atoms with Crippen molar-refractivity contribution in [1.82, 2.24) is 4.72 Å². The van der Waals surface area contributed by atoms with Crippen LogP contribution in [0.3, 0.4) is 0 Å². The first-order valence-electron chi connectivity index (χ1n) is 9.53. The highest BCUT2D eigenvalue weighted by Crippen LogP contribution is 2.35. The zero-order valence-corrected chi connectivity index (χ0v) is 17.6. The molecule has 1 amide bonds. The Hall–Kier alpha value is -2.34.